The molecule has 0 amide bonds. The van der Waals surface area contributed by atoms with Gasteiger partial charge in [-0.15, -0.1) is 0 Å². The lowest BCUT2D eigenvalue weighted by Gasteiger charge is -2.13. The molecule has 0 unspecified atom stereocenters. The normalized spacial score (nSPS) is 10.0. The number of esters is 1. The molecule has 0 bridgehead atoms. The van der Waals surface area contributed by atoms with E-state index in [2.05, 4.69) is 0 Å². The average Bonchev–Trinajstić information content (AvgIpc) is 2.55. The van der Waals surface area contributed by atoms with Gasteiger partial charge in [0.25, 0.3) is 5.69 Å². The largest absolute Gasteiger partial charge is 0.496 e. The number of hydrogen-bond acceptors (Lipinski definition) is 6. The Balaban J connectivity index is 2.27. The summed E-state index contributed by atoms with van der Waals surface area (Å²) in [6.45, 7) is 1.84. The summed E-state index contributed by atoms with van der Waals surface area (Å²) in [5.74, 6) is 0.498. The highest BCUT2D eigenvalue weighted by atomic mass is 16.6. The Hall–Kier alpha value is -3.09. The quantitative estimate of drug-likeness (QED) is 0.364. The van der Waals surface area contributed by atoms with Crippen LogP contribution >= 0.6 is 0 Å². The molecule has 23 heavy (non-hydrogen) atoms. The Bertz CT molecular complexity index is 739. The zero-order chi connectivity index (χ0) is 17.0. The van der Waals surface area contributed by atoms with Crippen molar-refractivity contribution in [2.24, 2.45) is 0 Å². The third kappa shape index (κ3) is 3.57. The fraction of sp³-hybridized carbons (Fsp3) is 0.188. The van der Waals surface area contributed by atoms with E-state index in [1.807, 2.05) is 6.92 Å². The van der Waals surface area contributed by atoms with Crippen molar-refractivity contribution in [2.45, 2.75) is 6.92 Å². The number of hydrogen-bond donors (Lipinski definition) is 0. The van der Waals surface area contributed by atoms with Gasteiger partial charge in [-0.25, -0.2) is 4.79 Å². The molecule has 0 saturated carbocycles. The molecule has 0 aliphatic rings. The molecule has 0 aliphatic carbocycles. The van der Waals surface area contributed by atoms with Crippen molar-refractivity contribution in [3.63, 3.8) is 0 Å². The Kier molecular flexibility index (Phi) is 4.80. The average molecular weight is 317 g/mol. The SMILES string of the molecule is COc1cc(OC(=O)c2ccc([N+](=O)[O-])cc2)c(OC)cc1C. The van der Waals surface area contributed by atoms with Gasteiger partial charge in [-0.1, -0.05) is 0 Å². The van der Waals surface area contributed by atoms with Gasteiger partial charge in [0.15, 0.2) is 11.5 Å². The summed E-state index contributed by atoms with van der Waals surface area (Å²) < 4.78 is 15.7. The number of benzene rings is 2. The van der Waals surface area contributed by atoms with Crippen LogP contribution in [0.1, 0.15) is 15.9 Å². The van der Waals surface area contributed by atoms with Crippen LogP contribution in [0.5, 0.6) is 17.2 Å². The molecular formula is C16H15NO6. The summed E-state index contributed by atoms with van der Waals surface area (Å²) in [6, 6.07) is 8.39. The van der Waals surface area contributed by atoms with Crippen molar-refractivity contribution in [1.82, 2.24) is 0 Å². The standard InChI is InChI=1S/C16H15NO6/c1-10-8-14(22-3)15(9-13(10)21-2)23-16(18)11-4-6-12(7-5-11)17(19)20/h4-9H,1-3H3. The maximum Gasteiger partial charge on any atom is 0.343 e. The van der Waals surface area contributed by atoms with Gasteiger partial charge in [0.05, 0.1) is 24.7 Å². The van der Waals surface area contributed by atoms with Crippen LogP contribution in [0, 0.1) is 17.0 Å². The molecule has 0 saturated heterocycles. The number of carbonyl (C=O) groups excluding carboxylic acids is 1. The number of rotatable bonds is 5. The lowest BCUT2D eigenvalue weighted by atomic mass is 10.2. The monoisotopic (exact) mass is 317 g/mol. The smallest absolute Gasteiger partial charge is 0.343 e. The first kappa shape index (κ1) is 16.3. The minimum atomic E-state index is -0.649. The number of non-ortho nitro benzene ring substituents is 1. The summed E-state index contributed by atoms with van der Waals surface area (Å²) in [5.41, 5.74) is 0.924. The van der Waals surface area contributed by atoms with E-state index in [1.165, 1.54) is 38.5 Å². The molecule has 2 aromatic rings. The predicted molar refractivity (Wildman–Crippen MR) is 82.3 cm³/mol. The molecule has 2 rings (SSSR count). The van der Waals surface area contributed by atoms with E-state index in [4.69, 9.17) is 14.2 Å². The molecule has 120 valence electrons. The van der Waals surface area contributed by atoms with Crippen LogP contribution in [0.2, 0.25) is 0 Å². The fourth-order valence-electron chi connectivity index (χ4n) is 1.98. The van der Waals surface area contributed by atoms with Crippen LogP contribution in [-0.4, -0.2) is 25.1 Å². The number of nitrogens with zero attached hydrogens (tertiary/aromatic N) is 1. The van der Waals surface area contributed by atoms with Gasteiger partial charge in [0.2, 0.25) is 0 Å². The maximum atomic E-state index is 12.2. The molecule has 2 aromatic carbocycles. The summed E-state index contributed by atoms with van der Waals surface area (Å²) in [7, 11) is 2.97. The molecule has 0 aliphatic heterocycles. The van der Waals surface area contributed by atoms with Crippen molar-refractivity contribution in [3.05, 3.63) is 57.6 Å². The van der Waals surface area contributed by atoms with Gasteiger partial charge in [-0.2, -0.15) is 0 Å². The first-order valence-corrected chi connectivity index (χ1v) is 6.65. The van der Waals surface area contributed by atoms with Gasteiger partial charge in [0.1, 0.15) is 5.75 Å². The van der Waals surface area contributed by atoms with Crippen LogP contribution in [0.3, 0.4) is 0 Å². The lowest BCUT2D eigenvalue weighted by Crippen LogP contribution is -2.09. The van der Waals surface area contributed by atoms with Crippen molar-refractivity contribution >= 4 is 11.7 Å². The molecule has 7 nitrogen and oxygen atoms in total. The van der Waals surface area contributed by atoms with Crippen LogP contribution in [0.15, 0.2) is 36.4 Å². The number of aryl methyl sites for hydroxylation is 1. The highest BCUT2D eigenvalue weighted by Gasteiger charge is 2.16. The molecule has 0 heterocycles. The number of carbonyl (C=O) groups is 1. The minimum Gasteiger partial charge on any atom is -0.496 e. The second-order valence-electron chi connectivity index (χ2n) is 4.67. The minimum absolute atomic E-state index is 0.101. The van der Waals surface area contributed by atoms with E-state index in [0.29, 0.717) is 11.5 Å². The molecule has 0 fully saturated rings. The van der Waals surface area contributed by atoms with Crippen molar-refractivity contribution in [1.29, 1.82) is 0 Å². The molecular weight excluding hydrogens is 302 g/mol. The molecule has 0 spiro atoms. The second-order valence-corrected chi connectivity index (χ2v) is 4.67. The van der Waals surface area contributed by atoms with Gasteiger partial charge in [-0.3, -0.25) is 10.1 Å². The molecule has 0 N–H and O–H groups in total. The molecule has 0 atom stereocenters. The Morgan fingerprint density at radius 3 is 2.13 bits per heavy atom. The van der Waals surface area contributed by atoms with Gasteiger partial charge in [-0.05, 0) is 30.7 Å². The van der Waals surface area contributed by atoms with Gasteiger partial charge >= 0.3 is 5.97 Å². The highest BCUT2D eigenvalue weighted by molar-refractivity contribution is 5.91. The topological polar surface area (TPSA) is 87.9 Å². The van der Waals surface area contributed by atoms with Crippen LogP contribution < -0.4 is 14.2 Å². The van der Waals surface area contributed by atoms with Crippen molar-refractivity contribution in [2.75, 3.05) is 14.2 Å². The number of ether oxygens (including phenoxy) is 3. The zero-order valence-electron chi connectivity index (χ0n) is 12.9. The predicted octanol–water partition coefficient (Wildman–Crippen LogP) is 3.14. The van der Waals surface area contributed by atoms with E-state index in [1.54, 1.807) is 12.1 Å². The Labute approximate surface area is 132 Å². The molecule has 7 heteroatoms. The van der Waals surface area contributed by atoms with Crippen molar-refractivity contribution in [3.8, 4) is 17.2 Å². The number of nitro groups is 1. The summed E-state index contributed by atoms with van der Waals surface area (Å²) >= 11 is 0. The van der Waals surface area contributed by atoms with E-state index >= 15 is 0 Å². The fourth-order valence-corrected chi connectivity index (χ4v) is 1.98. The summed E-state index contributed by atoms with van der Waals surface area (Å²) in [4.78, 5) is 22.2. The Morgan fingerprint density at radius 1 is 1.00 bits per heavy atom. The first-order chi connectivity index (χ1) is 11.0. The molecule has 0 radical (unpaired) electrons. The highest BCUT2D eigenvalue weighted by Crippen LogP contribution is 2.34. The lowest BCUT2D eigenvalue weighted by molar-refractivity contribution is -0.384. The van der Waals surface area contributed by atoms with Crippen LogP contribution in [0.4, 0.5) is 5.69 Å². The van der Waals surface area contributed by atoms with E-state index in [9.17, 15) is 14.9 Å². The summed E-state index contributed by atoms with van der Waals surface area (Å²) in [6.07, 6.45) is 0. The third-order valence-electron chi connectivity index (χ3n) is 3.20. The van der Waals surface area contributed by atoms with Gasteiger partial charge < -0.3 is 14.2 Å². The third-order valence-corrected chi connectivity index (χ3v) is 3.20. The van der Waals surface area contributed by atoms with E-state index < -0.39 is 10.9 Å². The van der Waals surface area contributed by atoms with E-state index in [0.717, 1.165) is 5.56 Å². The Morgan fingerprint density at radius 2 is 1.61 bits per heavy atom. The first-order valence-electron chi connectivity index (χ1n) is 6.65. The number of nitro benzene ring substituents is 1. The van der Waals surface area contributed by atoms with Gasteiger partial charge in [0, 0.05) is 18.2 Å². The van der Waals surface area contributed by atoms with Crippen molar-refractivity contribution < 1.29 is 23.9 Å². The summed E-state index contributed by atoms with van der Waals surface area (Å²) in [5, 5.41) is 10.6. The second kappa shape index (κ2) is 6.78. The molecule has 0 aromatic heterocycles. The van der Waals surface area contributed by atoms with E-state index in [-0.39, 0.29) is 17.0 Å². The zero-order valence-corrected chi connectivity index (χ0v) is 12.9. The number of methoxy groups -OCH3 is 2. The maximum absolute atomic E-state index is 12.2. The van der Waals surface area contributed by atoms with Crippen LogP contribution in [-0.2, 0) is 0 Å². The van der Waals surface area contributed by atoms with Crippen LogP contribution in [0.25, 0.3) is 0 Å².